The third-order valence-corrected chi connectivity index (χ3v) is 5.60. The molecule has 1 atom stereocenters. The van der Waals surface area contributed by atoms with E-state index >= 15 is 0 Å². The van der Waals surface area contributed by atoms with E-state index in [1.165, 1.54) is 26.2 Å². The predicted molar refractivity (Wildman–Crippen MR) is 93.1 cm³/mol. The van der Waals surface area contributed by atoms with Crippen molar-refractivity contribution < 1.29 is 13.2 Å². The first kappa shape index (κ1) is 19.6. The van der Waals surface area contributed by atoms with Gasteiger partial charge in [0.15, 0.2) is 0 Å². The van der Waals surface area contributed by atoms with Crippen molar-refractivity contribution in [3.05, 3.63) is 29.3 Å². The Kier molecular flexibility index (Phi) is 6.77. The zero-order chi connectivity index (χ0) is 17.8. The Bertz CT molecular complexity index is 652. The van der Waals surface area contributed by atoms with Crippen LogP contribution in [0.15, 0.2) is 23.1 Å². The molecule has 0 saturated heterocycles. The molecule has 130 valence electrons. The second kappa shape index (κ2) is 7.93. The summed E-state index contributed by atoms with van der Waals surface area (Å²) in [4.78, 5) is 12.6. The summed E-state index contributed by atoms with van der Waals surface area (Å²) in [6.45, 7) is 8.07. The van der Waals surface area contributed by atoms with Crippen molar-refractivity contribution >= 4 is 15.9 Å². The highest BCUT2D eigenvalue weighted by molar-refractivity contribution is 7.89. The van der Waals surface area contributed by atoms with Crippen LogP contribution < -0.4 is 5.32 Å². The maximum absolute atomic E-state index is 12.5. The van der Waals surface area contributed by atoms with Crippen LogP contribution in [-0.4, -0.2) is 38.8 Å². The Hall–Kier alpha value is -1.40. The summed E-state index contributed by atoms with van der Waals surface area (Å²) in [5, 5.41) is 2.95. The van der Waals surface area contributed by atoms with Gasteiger partial charge in [-0.25, -0.2) is 12.7 Å². The molecule has 0 aliphatic carbocycles. The Morgan fingerprint density at radius 1 is 1.17 bits per heavy atom. The highest BCUT2D eigenvalue weighted by Crippen LogP contribution is 2.18. The SMILES string of the molecule is Cc1ccc(S(=O)(=O)N(C)C)cc1C(=O)NC(C)CCC(C)C. The summed E-state index contributed by atoms with van der Waals surface area (Å²) in [6.07, 6.45) is 1.94. The fourth-order valence-electron chi connectivity index (χ4n) is 2.17. The standard InChI is InChI=1S/C17H28N2O3S/c1-12(2)7-9-14(4)18-17(20)16-11-15(10-8-13(16)3)23(21,22)19(5)6/h8,10-12,14H,7,9H2,1-6H3,(H,18,20). The summed E-state index contributed by atoms with van der Waals surface area (Å²) < 4.78 is 25.6. The van der Waals surface area contributed by atoms with Crippen LogP contribution in [0.4, 0.5) is 0 Å². The molecule has 0 aliphatic heterocycles. The van der Waals surface area contributed by atoms with Crippen LogP contribution in [0.3, 0.4) is 0 Å². The van der Waals surface area contributed by atoms with Crippen LogP contribution in [-0.2, 0) is 10.0 Å². The molecule has 0 heterocycles. The number of aryl methyl sites for hydroxylation is 1. The summed E-state index contributed by atoms with van der Waals surface area (Å²) in [5.74, 6) is 0.360. The number of nitrogens with zero attached hydrogens (tertiary/aromatic N) is 1. The van der Waals surface area contributed by atoms with Gasteiger partial charge >= 0.3 is 0 Å². The first-order valence-electron chi connectivity index (χ1n) is 7.89. The Labute approximate surface area is 140 Å². The number of carbonyl (C=O) groups is 1. The molecule has 0 radical (unpaired) electrons. The van der Waals surface area contributed by atoms with E-state index in [1.54, 1.807) is 13.0 Å². The zero-order valence-corrected chi connectivity index (χ0v) is 15.7. The molecule has 6 heteroatoms. The maximum atomic E-state index is 12.5. The second-order valence-electron chi connectivity index (χ2n) is 6.61. The van der Waals surface area contributed by atoms with Crippen molar-refractivity contribution in [1.29, 1.82) is 0 Å². The van der Waals surface area contributed by atoms with Crippen LogP contribution in [0.2, 0.25) is 0 Å². The number of carbonyl (C=O) groups excluding carboxylic acids is 1. The molecule has 1 aromatic rings. The largest absolute Gasteiger partial charge is 0.350 e. The second-order valence-corrected chi connectivity index (χ2v) is 8.76. The number of sulfonamides is 1. The molecule has 0 aliphatic rings. The molecule has 0 fully saturated rings. The van der Waals surface area contributed by atoms with Crippen molar-refractivity contribution in [2.24, 2.45) is 5.92 Å². The minimum Gasteiger partial charge on any atom is -0.350 e. The monoisotopic (exact) mass is 340 g/mol. The highest BCUT2D eigenvalue weighted by atomic mass is 32.2. The molecule has 1 unspecified atom stereocenters. The third kappa shape index (κ3) is 5.32. The minimum atomic E-state index is -3.55. The lowest BCUT2D eigenvalue weighted by molar-refractivity contribution is 0.0936. The van der Waals surface area contributed by atoms with Crippen LogP contribution in [0, 0.1) is 12.8 Å². The van der Waals surface area contributed by atoms with Gasteiger partial charge in [0.2, 0.25) is 10.0 Å². The van der Waals surface area contributed by atoms with E-state index in [-0.39, 0.29) is 16.8 Å². The maximum Gasteiger partial charge on any atom is 0.251 e. The number of hydrogen-bond donors (Lipinski definition) is 1. The van der Waals surface area contributed by atoms with Crippen molar-refractivity contribution in [3.8, 4) is 0 Å². The molecule has 1 N–H and O–H groups in total. The van der Waals surface area contributed by atoms with Gasteiger partial charge in [0, 0.05) is 25.7 Å². The van der Waals surface area contributed by atoms with Gasteiger partial charge in [-0.3, -0.25) is 4.79 Å². The summed E-state index contributed by atoms with van der Waals surface area (Å²) >= 11 is 0. The molecule has 0 bridgehead atoms. The lowest BCUT2D eigenvalue weighted by Gasteiger charge is -2.17. The van der Waals surface area contributed by atoms with Gasteiger partial charge in [-0.2, -0.15) is 0 Å². The van der Waals surface area contributed by atoms with E-state index in [9.17, 15) is 13.2 Å². The van der Waals surface area contributed by atoms with Gasteiger partial charge in [-0.15, -0.1) is 0 Å². The van der Waals surface area contributed by atoms with Crippen LogP contribution >= 0.6 is 0 Å². The molecule has 1 aromatic carbocycles. The zero-order valence-electron chi connectivity index (χ0n) is 14.9. The average molecular weight is 340 g/mol. The molecular formula is C17H28N2O3S. The summed E-state index contributed by atoms with van der Waals surface area (Å²) in [7, 11) is -0.596. The molecule has 0 aromatic heterocycles. The topological polar surface area (TPSA) is 66.5 Å². The minimum absolute atomic E-state index is 0.0541. The van der Waals surface area contributed by atoms with E-state index in [1.807, 2.05) is 6.92 Å². The van der Waals surface area contributed by atoms with E-state index in [0.29, 0.717) is 11.5 Å². The molecule has 1 rings (SSSR count). The summed E-state index contributed by atoms with van der Waals surface area (Å²) in [5.41, 5.74) is 1.17. The Morgan fingerprint density at radius 2 is 1.78 bits per heavy atom. The van der Waals surface area contributed by atoms with Gasteiger partial charge < -0.3 is 5.32 Å². The lowest BCUT2D eigenvalue weighted by Crippen LogP contribution is -2.33. The number of benzene rings is 1. The van der Waals surface area contributed by atoms with Crippen molar-refractivity contribution in [2.45, 2.75) is 51.5 Å². The molecule has 1 amide bonds. The average Bonchev–Trinajstić information content (AvgIpc) is 2.45. The van der Waals surface area contributed by atoms with Gasteiger partial charge in [-0.1, -0.05) is 19.9 Å². The van der Waals surface area contributed by atoms with Crippen molar-refractivity contribution in [1.82, 2.24) is 9.62 Å². The van der Waals surface area contributed by atoms with E-state index < -0.39 is 10.0 Å². The molecule has 5 nitrogen and oxygen atoms in total. The van der Waals surface area contributed by atoms with Crippen molar-refractivity contribution in [3.63, 3.8) is 0 Å². The normalized spacial score (nSPS) is 13.4. The first-order valence-corrected chi connectivity index (χ1v) is 9.33. The predicted octanol–water partition coefficient (Wildman–Crippen LogP) is 2.80. The smallest absolute Gasteiger partial charge is 0.251 e. The van der Waals surface area contributed by atoms with Crippen LogP contribution in [0.5, 0.6) is 0 Å². The fraction of sp³-hybridized carbons (Fsp3) is 0.588. The van der Waals surface area contributed by atoms with Crippen LogP contribution in [0.25, 0.3) is 0 Å². The number of hydrogen-bond acceptors (Lipinski definition) is 3. The molecule has 23 heavy (non-hydrogen) atoms. The lowest BCUT2D eigenvalue weighted by atomic mass is 10.0. The molecule has 0 spiro atoms. The number of nitrogens with one attached hydrogen (secondary N) is 1. The van der Waals surface area contributed by atoms with Gasteiger partial charge in [0.05, 0.1) is 4.90 Å². The van der Waals surface area contributed by atoms with Gasteiger partial charge in [0.1, 0.15) is 0 Å². The highest BCUT2D eigenvalue weighted by Gasteiger charge is 2.20. The first-order chi connectivity index (χ1) is 10.6. The Balaban J connectivity index is 2.97. The van der Waals surface area contributed by atoms with Crippen LogP contribution in [0.1, 0.15) is 49.5 Å². The van der Waals surface area contributed by atoms with Crippen molar-refractivity contribution in [2.75, 3.05) is 14.1 Å². The third-order valence-electron chi connectivity index (χ3n) is 3.79. The van der Waals surface area contributed by atoms with E-state index in [4.69, 9.17) is 0 Å². The Morgan fingerprint density at radius 3 is 2.30 bits per heavy atom. The van der Waals surface area contributed by atoms with E-state index in [2.05, 4.69) is 19.2 Å². The van der Waals surface area contributed by atoms with Gasteiger partial charge in [-0.05, 0) is 50.3 Å². The van der Waals surface area contributed by atoms with E-state index in [0.717, 1.165) is 22.7 Å². The number of rotatable bonds is 7. The quantitative estimate of drug-likeness (QED) is 0.830. The fourth-order valence-corrected chi connectivity index (χ4v) is 3.10. The molecular weight excluding hydrogens is 312 g/mol. The van der Waals surface area contributed by atoms with Gasteiger partial charge in [0.25, 0.3) is 5.91 Å². The summed E-state index contributed by atoms with van der Waals surface area (Å²) in [6, 6.07) is 4.71. The number of amides is 1. The molecule has 0 saturated carbocycles.